The van der Waals surface area contributed by atoms with Crippen LogP contribution in [0.4, 0.5) is 11.4 Å². The molecule has 1 aliphatic heterocycles. The molecule has 0 spiro atoms. The van der Waals surface area contributed by atoms with Crippen LogP contribution >= 0.6 is 0 Å². The fourth-order valence-electron chi connectivity index (χ4n) is 3.10. The topological polar surface area (TPSA) is 83.3 Å². The summed E-state index contributed by atoms with van der Waals surface area (Å²) in [6, 6.07) is 15.6. The average molecular weight is 349 g/mol. The van der Waals surface area contributed by atoms with Crippen molar-refractivity contribution in [3.8, 4) is 5.69 Å². The quantitative estimate of drug-likeness (QED) is 0.733. The first-order valence-electron chi connectivity index (χ1n) is 8.49. The number of carbonyl (C=O) groups is 1. The number of hydrogen-bond donors (Lipinski definition) is 2. The van der Waals surface area contributed by atoms with Gasteiger partial charge in [-0.25, -0.2) is 4.68 Å². The average Bonchev–Trinajstić information content (AvgIpc) is 3.33. The Morgan fingerprint density at radius 1 is 1.15 bits per heavy atom. The molecular formula is C19H19N5O2. The van der Waals surface area contributed by atoms with Crippen LogP contribution in [-0.4, -0.2) is 39.1 Å². The van der Waals surface area contributed by atoms with Gasteiger partial charge in [-0.2, -0.15) is 0 Å². The highest BCUT2D eigenvalue weighted by Gasteiger charge is 2.23. The predicted molar refractivity (Wildman–Crippen MR) is 98.3 cm³/mol. The van der Waals surface area contributed by atoms with Crippen LogP contribution in [0.2, 0.25) is 0 Å². The Bertz CT molecular complexity index is 920. The van der Waals surface area contributed by atoms with Crippen LogP contribution in [0.25, 0.3) is 5.69 Å². The molecule has 2 aromatic carbocycles. The molecule has 2 N–H and O–H groups in total. The van der Waals surface area contributed by atoms with Gasteiger partial charge in [0.15, 0.2) is 0 Å². The monoisotopic (exact) mass is 349 g/mol. The van der Waals surface area contributed by atoms with Gasteiger partial charge in [-0.05, 0) is 42.3 Å². The van der Waals surface area contributed by atoms with Crippen molar-refractivity contribution < 1.29 is 9.90 Å². The van der Waals surface area contributed by atoms with Gasteiger partial charge < -0.3 is 15.3 Å². The van der Waals surface area contributed by atoms with E-state index >= 15 is 0 Å². The number of anilines is 2. The highest BCUT2D eigenvalue weighted by Crippen LogP contribution is 2.27. The third-order valence-corrected chi connectivity index (χ3v) is 4.47. The molecule has 1 amide bonds. The van der Waals surface area contributed by atoms with Gasteiger partial charge in [-0.3, -0.25) is 4.79 Å². The number of para-hydroxylation sites is 1. The van der Waals surface area contributed by atoms with E-state index < -0.39 is 0 Å². The lowest BCUT2D eigenvalue weighted by Gasteiger charge is -2.18. The summed E-state index contributed by atoms with van der Waals surface area (Å²) >= 11 is 0. The second kappa shape index (κ2) is 6.97. The summed E-state index contributed by atoms with van der Waals surface area (Å²) in [7, 11) is 0. The molecule has 3 aromatic rings. The van der Waals surface area contributed by atoms with Gasteiger partial charge in [-0.1, -0.05) is 23.4 Å². The van der Waals surface area contributed by atoms with Gasteiger partial charge >= 0.3 is 0 Å². The van der Waals surface area contributed by atoms with E-state index in [2.05, 4.69) is 21.7 Å². The first-order chi connectivity index (χ1) is 12.7. The number of amides is 1. The molecule has 4 rings (SSSR count). The maximum atomic E-state index is 12.5. The molecule has 0 saturated heterocycles. The van der Waals surface area contributed by atoms with Crippen LogP contribution in [0.1, 0.15) is 11.3 Å². The zero-order chi connectivity index (χ0) is 17.9. The van der Waals surface area contributed by atoms with Gasteiger partial charge in [0.05, 0.1) is 25.0 Å². The number of nitrogens with one attached hydrogen (secondary N) is 1. The van der Waals surface area contributed by atoms with Crippen LogP contribution in [0.3, 0.4) is 0 Å². The molecule has 7 heteroatoms. The minimum atomic E-state index is -0.138. The lowest BCUT2D eigenvalue weighted by molar-refractivity contribution is -0.116. The second-order valence-corrected chi connectivity index (χ2v) is 6.14. The molecule has 0 radical (unpaired) electrons. The summed E-state index contributed by atoms with van der Waals surface area (Å²) in [5.74, 6) is 0.0582. The summed E-state index contributed by atoms with van der Waals surface area (Å²) in [4.78, 5) is 14.4. The molecule has 132 valence electrons. The SMILES string of the molecule is O=C(CNc1ccc(-n2cc(CO)nn2)cc1)N1CCc2ccccc21. The number of benzene rings is 2. The number of nitrogens with zero attached hydrogens (tertiary/aromatic N) is 4. The summed E-state index contributed by atoms with van der Waals surface area (Å²) in [5, 5.41) is 20.0. The van der Waals surface area contributed by atoms with E-state index in [1.807, 2.05) is 47.4 Å². The number of rotatable bonds is 5. The highest BCUT2D eigenvalue weighted by molar-refractivity contribution is 5.98. The van der Waals surface area contributed by atoms with Crippen molar-refractivity contribution in [2.24, 2.45) is 0 Å². The van der Waals surface area contributed by atoms with E-state index in [-0.39, 0.29) is 19.1 Å². The van der Waals surface area contributed by atoms with Crippen LogP contribution in [0.15, 0.2) is 54.7 Å². The third-order valence-electron chi connectivity index (χ3n) is 4.47. The Kier molecular flexibility index (Phi) is 4.37. The van der Waals surface area contributed by atoms with Crippen LogP contribution < -0.4 is 10.2 Å². The predicted octanol–water partition coefficient (Wildman–Crippen LogP) is 1.76. The van der Waals surface area contributed by atoms with Crippen LogP contribution in [0, 0.1) is 0 Å². The maximum absolute atomic E-state index is 12.5. The molecule has 26 heavy (non-hydrogen) atoms. The Labute approximate surface area is 150 Å². The zero-order valence-corrected chi connectivity index (χ0v) is 14.2. The van der Waals surface area contributed by atoms with E-state index in [9.17, 15) is 4.79 Å². The standard InChI is InChI=1S/C19H19N5O2/c25-13-16-12-24(22-21-16)17-7-5-15(6-8-17)20-11-19(26)23-10-9-14-3-1-2-4-18(14)23/h1-8,12,20,25H,9-11,13H2. The molecule has 0 saturated carbocycles. The summed E-state index contributed by atoms with van der Waals surface area (Å²) in [6.45, 7) is 0.839. The van der Waals surface area contributed by atoms with Crippen molar-refractivity contribution in [1.29, 1.82) is 0 Å². The van der Waals surface area contributed by atoms with Crippen molar-refractivity contribution in [2.75, 3.05) is 23.3 Å². The number of aliphatic hydroxyl groups excluding tert-OH is 1. The molecular weight excluding hydrogens is 330 g/mol. The van der Waals surface area contributed by atoms with Gasteiger partial charge in [0, 0.05) is 17.9 Å². The highest BCUT2D eigenvalue weighted by atomic mass is 16.3. The minimum Gasteiger partial charge on any atom is -0.390 e. The Hall–Kier alpha value is -3.19. The molecule has 0 aliphatic carbocycles. The summed E-state index contributed by atoms with van der Waals surface area (Å²) in [6.07, 6.45) is 2.58. The van der Waals surface area contributed by atoms with E-state index in [0.717, 1.165) is 30.0 Å². The first kappa shape index (κ1) is 16.3. The number of aliphatic hydroxyl groups is 1. The lowest BCUT2D eigenvalue weighted by Crippen LogP contribution is -2.34. The van der Waals surface area contributed by atoms with E-state index in [4.69, 9.17) is 5.11 Å². The number of carbonyl (C=O) groups excluding carboxylic acids is 1. The molecule has 7 nitrogen and oxygen atoms in total. The van der Waals surface area contributed by atoms with Gasteiger partial charge in [0.2, 0.25) is 5.91 Å². The fourth-order valence-corrected chi connectivity index (χ4v) is 3.10. The molecule has 0 atom stereocenters. The van der Waals surface area contributed by atoms with E-state index in [0.29, 0.717) is 5.69 Å². The summed E-state index contributed by atoms with van der Waals surface area (Å²) in [5.41, 5.74) is 4.45. The summed E-state index contributed by atoms with van der Waals surface area (Å²) < 4.78 is 1.60. The molecule has 1 aliphatic rings. The Balaban J connectivity index is 1.38. The van der Waals surface area contributed by atoms with Crippen LogP contribution in [0.5, 0.6) is 0 Å². The zero-order valence-electron chi connectivity index (χ0n) is 14.2. The van der Waals surface area contributed by atoms with E-state index in [1.54, 1.807) is 10.9 Å². The van der Waals surface area contributed by atoms with Gasteiger partial charge in [-0.15, -0.1) is 5.10 Å². The molecule has 1 aromatic heterocycles. The Morgan fingerprint density at radius 3 is 2.73 bits per heavy atom. The first-order valence-corrected chi connectivity index (χ1v) is 8.49. The normalized spacial score (nSPS) is 12.9. The third kappa shape index (κ3) is 3.16. The molecule has 0 bridgehead atoms. The second-order valence-electron chi connectivity index (χ2n) is 6.14. The number of hydrogen-bond acceptors (Lipinski definition) is 5. The number of aromatic nitrogens is 3. The van der Waals surface area contributed by atoms with Crippen molar-refractivity contribution in [2.45, 2.75) is 13.0 Å². The van der Waals surface area contributed by atoms with Crippen molar-refractivity contribution in [3.63, 3.8) is 0 Å². The largest absolute Gasteiger partial charge is 0.390 e. The van der Waals surface area contributed by atoms with Gasteiger partial charge in [0.25, 0.3) is 0 Å². The van der Waals surface area contributed by atoms with Gasteiger partial charge in [0.1, 0.15) is 5.69 Å². The molecule has 0 unspecified atom stereocenters. The molecule has 0 fully saturated rings. The fraction of sp³-hybridized carbons (Fsp3) is 0.211. The molecule has 2 heterocycles. The maximum Gasteiger partial charge on any atom is 0.246 e. The van der Waals surface area contributed by atoms with Crippen molar-refractivity contribution >= 4 is 17.3 Å². The number of fused-ring (bicyclic) bond motifs is 1. The van der Waals surface area contributed by atoms with Crippen LogP contribution in [-0.2, 0) is 17.8 Å². The smallest absolute Gasteiger partial charge is 0.246 e. The lowest BCUT2D eigenvalue weighted by atomic mass is 10.2. The minimum absolute atomic E-state index is 0.0582. The Morgan fingerprint density at radius 2 is 1.96 bits per heavy atom. The van der Waals surface area contributed by atoms with Crippen molar-refractivity contribution in [3.05, 3.63) is 66.0 Å². The van der Waals surface area contributed by atoms with Crippen molar-refractivity contribution in [1.82, 2.24) is 15.0 Å². The van der Waals surface area contributed by atoms with E-state index in [1.165, 1.54) is 5.56 Å².